The van der Waals surface area contributed by atoms with E-state index in [1.54, 1.807) is 0 Å². The number of hydrogen-bond donors (Lipinski definition) is 2. The van der Waals surface area contributed by atoms with Crippen LogP contribution in [0.3, 0.4) is 0 Å². The van der Waals surface area contributed by atoms with Gasteiger partial charge in [-0.3, -0.25) is 4.79 Å². The van der Waals surface area contributed by atoms with Gasteiger partial charge in [-0.15, -0.1) is 0 Å². The van der Waals surface area contributed by atoms with Crippen molar-refractivity contribution in [1.29, 1.82) is 0 Å². The Labute approximate surface area is 121 Å². The zero-order valence-corrected chi connectivity index (χ0v) is 12.2. The van der Waals surface area contributed by atoms with E-state index >= 15 is 0 Å². The van der Waals surface area contributed by atoms with Gasteiger partial charge in [-0.2, -0.15) is 0 Å². The molecule has 2 unspecified atom stereocenters. The number of hydrogen-bond acceptors (Lipinski definition) is 2. The predicted molar refractivity (Wildman–Crippen MR) is 80.3 cm³/mol. The summed E-state index contributed by atoms with van der Waals surface area (Å²) in [6.07, 6.45) is 5.70. The highest BCUT2D eigenvalue weighted by atomic mass is 16.2. The van der Waals surface area contributed by atoms with E-state index in [0.29, 0.717) is 5.92 Å². The quantitative estimate of drug-likeness (QED) is 0.885. The first-order valence-corrected chi connectivity index (χ1v) is 7.80. The van der Waals surface area contributed by atoms with E-state index in [2.05, 4.69) is 34.9 Å². The lowest BCUT2D eigenvalue weighted by Gasteiger charge is -2.35. The third-order valence-corrected chi connectivity index (χ3v) is 4.66. The van der Waals surface area contributed by atoms with Crippen LogP contribution >= 0.6 is 0 Å². The fourth-order valence-electron chi connectivity index (χ4n) is 3.11. The molecule has 1 aliphatic heterocycles. The van der Waals surface area contributed by atoms with Crippen molar-refractivity contribution in [3.05, 3.63) is 35.9 Å². The summed E-state index contributed by atoms with van der Waals surface area (Å²) in [5.74, 6) is 0.784. The van der Waals surface area contributed by atoms with Crippen LogP contribution in [-0.2, 0) is 4.79 Å². The van der Waals surface area contributed by atoms with Crippen LogP contribution in [0.1, 0.15) is 50.6 Å². The van der Waals surface area contributed by atoms with Gasteiger partial charge in [0.25, 0.3) is 0 Å². The number of carbonyl (C=O) groups is 1. The first-order valence-electron chi connectivity index (χ1n) is 7.80. The van der Waals surface area contributed by atoms with Gasteiger partial charge in [-0.25, -0.2) is 0 Å². The van der Waals surface area contributed by atoms with Crippen LogP contribution in [0.5, 0.6) is 0 Å². The molecule has 1 amide bonds. The van der Waals surface area contributed by atoms with E-state index in [9.17, 15) is 4.79 Å². The normalized spacial score (nSPS) is 27.9. The molecule has 1 heterocycles. The molecule has 3 rings (SSSR count). The molecular weight excluding hydrogens is 248 g/mol. The van der Waals surface area contributed by atoms with Gasteiger partial charge in [-0.1, -0.05) is 30.3 Å². The van der Waals surface area contributed by atoms with Gasteiger partial charge in [0.15, 0.2) is 0 Å². The summed E-state index contributed by atoms with van der Waals surface area (Å²) in [5.41, 5.74) is 0.850. The summed E-state index contributed by atoms with van der Waals surface area (Å²) >= 11 is 0. The van der Waals surface area contributed by atoms with Gasteiger partial charge >= 0.3 is 0 Å². The minimum Gasteiger partial charge on any atom is -0.347 e. The molecular formula is C17H24N2O. The molecule has 1 saturated carbocycles. The third kappa shape index (κ3) is 2.88. The molecule has 1 aromatic carbocycles. The van der Waals surface area contributed by atoms with Crippen LogP contribution < -0.4 is 10.6 Å². The molecule has 0 spiro atoms. The highest BCUT2D eigenvalue weighted by Gasteiger charge is 2.39. The molecule has 2 N–H and O–H groups in total. The van der Waals surface area contributed by atoms with Gasteiger partial charge in [0, 0.05) is 0 Å². The minimum absolute atomic E-state index is 0.165. The molecule has 3 heteroatoms. The Kier molecular flexibility index (Phi) is 3.79. The molecule has 20 heavy (non-hydrogen) atoms. The lowest BCUT2D eigenvalue weighted by molar-refractivity contribution is -0.128. The first-order chi connectivity index (χ1) is 9.69. The number of carbonyl (C=O) groups excluding carboxylic acids is 1. The Morgan fingerprint density at radius 3 is 2.65 bits per heavy atom. The third-order valence-electron chi connectivity index (χ3n) is 4.66. The van der Waals surface area contributed by atoms with Crippen LogP contribution in [0.4, 0.5) is 0 Å². The monoisotopic (exact) mass is 272 g/mol. The van der Waals surface area contributed by atoms with E-state index in [1.165, 1.54) is 24.8 Å². The number of rotatable bonds is 4. The molecule has 108 valence electrons. The maximum atomic E-state index is 12.7. The Hall–Kier alpha value is -1.35. The number of piperidine rings is 1. The van der Waals surface area contributed by atoms with E-state index in [1.807, 2.05) is 13.0 Å². The second-order valence-corrected chi connectivity index (χ2v) is 6.42. The molecule has 2 aliphatic rings. The average molecular weight is 272 g/mol. The van der Waals surface area contributed by atoms with Gasteiger partial charge in [0.1, 0.15) is 0 Å². The van der Waals surface area contributed by atoms with Crippen molar-refractivity contribution in [2.75, 3.05) is 6.54 Å². The van der Waals surface area contributed by atoms with Crippen LogP contribution in [0.2, 0.25) is 0 Å². The number of nitrogens with one attached hydrogen (secondary N) is 2. The Bertz CT molecular complexity index is 461. The van der Waals surface area contributed by atoms with Crippen molar-refractivity contribution in [3.63, 3.8) is 0 Å². The highest BCUT2D eigenvalue weighted by molar-refractivity contribution is 5.86. The second kappa shape index (κ2) is 5.57. The Morgan fingerprint density at radius 2 is 2.05 bits per heavy atom. The lowest BCUT2D eigenvalue weighted by Crippen LogP contribution is -2.57. The predicted octanol–water partition coefficient (Wildman–Crippen LogP) is 2.79. The van der Waals surface area contributed by atoms with Crippen molar-refractivity contribution in [2.24, 2.45) is 5.92 Å². The fraction of sp³-hybridized carbons (Fsp3) is 0.588. The number of benzene rings is 1. The molecule has 1 aliphatic carbocycles. The van der Waals surface area contributed by atoms with Gasteiger partial charge in [0.05, 0.1) is 11.6 Å². The maximum absolute atomic E-state index is 12.7. The summed E-state index contributed by atoms with van der Waals surface area (Å²) in [4.78, 5) is 12.7. The summed E-state index contributed by atoms with van der Waals surface area (Å²) < 4.78 is 0. The SMILES string of the molecule is CC1(C(=O)NC(c2ccccc2)C2CC2)CCCCN1. The summed E-state index contributed by atoms with van der Waals surface area (Å²) in [7, 11) is 0. The Balaban J connectivity index is 1.72. The largest absolute Gasteiger partial charge is 0.347 e. The molecule has 0 bridgehead atoms. The zero-order valence-electron chi connectivity index (χ0n) is 12.2. The van der Waals surface area contributed by atoms with Crippen molar-refractivity contribution in [3.8, 4) is 0 Å². The standard InChI is InChI=1S/C17H24N2O/c1-17(11-5-6-12-18-17)16(20)19-15(14-9-10-14)13-7-3-2-4-8-13/h2-4,7-8,14-15,18H,5-6,9-12H2,1H3,(H,19,20). The second-order valence-electron chi connectivity index (χ2n) is 6.42. The zero-order chi connectivity index (χ0) is 14.0. The van der Waals surface area contributed by atoms with Crippen molar-refractivity contribution in [2.45, 2.75) is 50.6 Å². The smallest absolute Gasteiger partial charge is 0.240 e. The van der Waals surface area contributed by atoms with E-state index in [4.69, 9.17) is 0 Å². The highest BCUT2D eigenvalue weighted by Crippen LogP contribution is 2.41. The van der Waals surface area contributed by atoms with Crippen molar-refractivity contribution in [1.82, 2.24) is 10.6 Å². The maximum Gasteiger partial charge on any atom is 0.240 e. The first kappa shape index (κ1) is 13.6. The van der Waals surface area contributed by atoms with E-state index in [0.717, 1.165) is 19.4 Å². The van der Waals surface area contributed by atoms with Gasteiger partial charge < -0.3 is 10.6 Å². The minimum atomic E-state index is -0.389. The number of amides is 1. The molecule has 2 fully saturated rings. The molecule has 0 aromatic heterocycles. The van der Waals surface area contributed by atoms with Crippen LogP contribution in [0.25, 0.3) is 0 Å². The van der Waals surface area contributed by atoms with Crippen LogP contribution in [0.15, 0.2) is 30.3 Å². The lowest BCUT2D eigenvalue weighted by atomic mass is 9.89. The summed E-state index contributed by atoms with van der Waals surface area (Å²) in [5, 5.41) is 6.70. The fourth-order valence-corrected chi connectivity index (χ4v) is 3.11. The molecule has 0 radical (unpaired) electrons. The molecule has 2 atom stereocenters. The van der Waals surface area contributed by atoms with Gasteiger partial charge in [0.2, 0.25) is 5.91 Å². The van der Waals surface area contributed by atoms with E-state index < -0.39 is 0 Å². The molecule has 3 nitrogen and oxygen atoms in total. The van der Waals surface area contributed by atoms with Gasteiger partial charge in [-0.05, 0) is 57.1 Å². The van der Waals surface area contributed by atoms with Crippen molar-refractivity contribution < 1.29 is 4.79 Å². The average Bonchev–Trinajstić information content (AvgIpc) is 3.31. The summed E-state index contributed by atoms with van der Waals surface area (Å²) in [6.45, 7) is 2.99. The summed E-state index contributed by atoms with van der Waals surface area (Å²) in [6, 6.07) is 10.6. The molecule has 1 saturated heterocycles. The topological polar surface area (TPSA) is 41.1 Å². The van der Waals surface area contributed by atoms with Crippen LogP contribution in [-0.4, -0.2) is 18.0 Å². The van der Waals surface area contributed by atoms with Crippen molar-refractivity contribution >= 4 is 5.91 Å². The Morgan fingerprint density at radius 1 is 1.30 bits per heavy atom. The van der Waals surface area contributed by atoms with E-state index in [-0.39, 0.29) is 17.5 Å². The van der Waals surface area contributed by atoms with Crippen LogP contribution in [0, 0.1) is 5.92 Å². The molecule has 1 aromatic rings.